The Hall–Kier alpha value is -1.83. The molecule has 1 aromatic heterocycles. The average Bonchev–Trinajstić information content (AvgIpc) is 2.88. The predicted octanol–water partition coefficient (Wildman–Crippen LogP) is 1.19. The van der Waals surface area contributed by atoms with Crippen LogP contribution >= 0.6 is 0 Å². The van der Waals surface area contributed by atoms with Crippen molar-refractivity contribution in [2.24, 2.45) is 5.18 Å². The van der Waals surface area contributed by atoms with E-state index in [1.165, 1.54) is 7.11 Å². The number of aryl methyl sites for hydroxylation is 1. The van der Waals surface area contributed by atoms with Gasteiger partial charge >= 0.3 is 0 Å². The summed E-state index contributed by atoms with van der Waals surface area (Å²) in [5.41, 5.74) is 1.22. The van der Waals surface area contributed by atoms with Gasteiger partial charge in [-0.3, -0.25) is 4.68 Å². The van der Waals surface area contributed by atoms with Crippen molar-refractivity contribution in [3.05, 3.63) is 29.3 Å². The Labute approximate surface area is 115 Å². The first-order chi connectivity index (χ1) is 9.69. The van der Waals surface area contributed by atoms with E-state index in [0.717, 1.165) is 10.9 Å². The van der Waals surface area contributed by atoms with E-state index in [1.807, 2.05) is 0 Å². The number of nitroso groups, excluding NO2 is 1. The van der Waals surface area contributed by atoms with Crippen LogP contribution in [0.15, 0.2) is 29.6 Å². The second kappa shape index (κ2) is 6.56. The lowest BCUT2D eigenvalue weighted by Crippen LogP contribution is -2.32. The maximum Gasteiger partial charge on any atom is 0.108 e. The Morgan fingerprint density at radius 1 is 1.50 bits per heavy atom. The first-order valence-electron chi connectivity index (χ1n) is 6.30. The molecule has 108 valence electrons. The molecule has 0 amide bonds. The molecular formula is C13H17N3O4. The zero-order chi connectivity index (χ0) is 14.5. The van der Waals surface area contributed by atoms with Crippen molar-refractivity contribution in [3.8, 4) is 0 Å². The molecule has 2 rings (SSSR count). The quantitative estimate of drug-likeness (QED) is 0.742. The van der Waals surface area contributed by atoms with Gasteiger partial charge in [0.2, 0.25) is 0 Å². The fourth-order valence-electron chi connectivity index (χ4n) is 2.10. The normalized spacial score (nSPS) is 14.3. The Morgan fingerprint density at radius 2 is 2.30 bits per heavy atom. The van der Waals surface area contributed by atoms with Gasteiger partial charge < -0.3 is 14.9 Å². The minimum absolute atomic E-state index is 0.230. The lowest BCUT2D eigenvalue weighted by atomic mass is 10.1. The molecule has 2 atom stereocenters. The molecule has 1 aromatic carbocycles. The predicted molar refractivity (Wildman–Crippen MR) is 73.7 cm³/mol. The monoisotopic (exact) mass is 279 g/mol. The molecule has 0 fully saturated rings. The van der Waals surface area contributed by atoms with Crippen LogP contribution in [0.4, 0.5) is 5.69 Å². The Morgan fingerprint density at radius 3 is 2.95 bits per heavy atom. The highest BCUT2D eigenvalue weighted by Crippen LogP contribution is 2.21. The Kier molecular flexibility index (Phi) is 4.78. The van der Waals surface area contributed by atoms with Crippen molar-refractivity contribution < 1.29 is 14.9 Å². The number of hydrogen-bond acceptors (Lipinski definition) is 6. The summed E-state index contributed by atoms with van der Waals surface area (Å²) >= 11 is 0. The van der Waals surface area contributed by atoms with Crippen LogP contribution in [0.2, 0.25) is 0 Å². The molecule has 2 N–H and O–H groups in total. The van der Waals surface area contributed by atoms with Crippen LogP contribution in [0.5, 0.6) is 0 Å². The zero-order valence-corrected chi connectivity index (χ0v) is 11.1. The molecule has 20 heavy (non-hydrogen) atoms. The molecule has 1 heterocycles. The minimum atomic E-state index is -0.764. The van der Waals surface area contributed by atoms with Gasteiger partial charge in [0.05, 0.1) is 24.4 Å². The summed E-state index contributed by atoms with van der Waals surface area (Å²) in [5.74, 6) is 0. The van der Waals surface area contributed by atoms with Crippen LogP contribution in [-0.4, -0.2) is 45.9 Å². The van der Waals surface area contributed by atoms with Gasteiger partial charge in [-0.15, -0.1) is 4.91 Å². The molecule has 0 aliphatic heterocycles. The van der Waals surface area contributed by atoms with Crippen LogP contribution in [0.1, 0.15) is 6.42 Å². The van der Waals surface area contributed by atoms with Crippen molar-refractivity contribution in [2.45, 2.75) is 25.2 Å². The molecule has 0 saturated carbocycles. The zero-order valence-electron chi connectivity index (χ0n) is 11.1. The van der Waals surface area contributed by atoms with E-state index in [9.17, 15) is 10.0 Å². The summed E-state index contributed by atoms with van der Waals surface area (Å²) in [4.78, 5) is 10.5. The summed E-state index contributed by atoms with van der Waals surface area (Å²) in [6.07, 6.45) is 0.697. The molecule has 0 radical (unpaired) electrons. The Bertz CT molecular complexity index is 580. The van der Waals surface area contributed by atoms with Gasteiger partial charge in [-0.05, 0) is 29.8 Å². The van der Waals surface area contributed by atoms with Gasteiger partial charge in [0.15, 0.2) is 0 Å². The van der Waals surface area contributed by atoms with Gasteiger partial charge in [-0.2, -0.15) is 5.10 Å². The number of nitrogens with zero attached hydrogens (tertiary/aromatic N) is 3. The molecule has 2 unspecified atom stereocenters. The minimum Gasteiger partial charge on any atom is -0.394 e. The van der Waals surface area contributed by atoms with Gasteiger partial charge in [-0.25, -0.2) is 0 Å². The van der Waals surface area contributed by atoms with Gasteiger partial charge in [0, 0.05) is 19.0 Å². The van der Waals surface area contributed by atoms with Crippen molar-refractivity contribution in [1.29, 1.82) is 0 Å². The van der Waals surface area contributed by atoms with Crippen molar-refractivity contribution in [2.75, 3.05) is 13.7 Å². The van der Waals surface area contributed by atoms with E-state index < -0.39 is 12.2 Å². The van der Waals surface area contributed by atoms with Gasteiger partial charge in [-0.1, -0.05) is 0 Å². The highest BCUT2D eigenvalue weighted by molar-refractivity contribution is 5.81. The summed E-state index contributed by atoms with van der Waals surface area (Å²) in [5, 5.41) is 26.8. The van der Waals surface area contributed by atoms with E-state index in [4.69, 9.17) is 9.84 Å². The molecule has 7 heteroatoms. The SMILES string of the molecule is COC(CO)C(O)CCn1ncc2cc(N=O)ccc21. The standard InChI is InChI=1S/C13H17N3O4/c1-20-13(8-17)12(18)4-5-16-11-3-2-10(15-19)6-9(11)7-14-16/h2-3,6-7,12-13,17-18H,4-5,8H2,1H3. The third kappa shape index (κ3) is 3.01. The van der Waals surface area contributed by atoms with Gasteiger partial charge in [0.25, 0.3) is 0 Å². The molecule has 7 nitrogen and oxygen atoms in total. The number of rotatable bonds is 7. The fourth-order valence-corrected chi connectivity index (χ4v) is 2.10. The van der Waals surface area contributed by atoms with Crippen LogP contribution < -0.4 is 0 Å². The van der Waals surface area contributed by atoms with Crippen LogP contribution in [-0.2, 0) is 11.3 Å². The maximum absolute atomic E-state index is 10.5. The fraction of sp³-hybridized carbons (Fsp3) is 0.462. The topological polar surface area (TPSA) is 96.9 Å². The lowest BCUT2D eigenvalue weighted by Gasteiger charge is -2.19. The largest absolute Gasteiger partial charge is 0.394 e. The first-order valence-corrected chi connectivity index (χ1v) is 6.30. The molecule has 0 aliphatic carbocycles. The van der Waals surface area contributed by atoms with Crippen LogP contribution in [0.3, 0.4) is 0 Å². The van der Waals surface area contributed by atoms with E-state index in [1.54, 1.807) is 29.1 Å². The Balaban J connectivity index is 2.08. The highest BCUT2D eigenvalue weighted by Gasteiger charge is 2.18. The lowest BCUT2D eigenvalue weighted by molar-refractivity contribution is -0.0453. The summed E-state index contributed by atoms with van der Waals surface area (Å²) < 4.78 is 6.71. The number of aromatic nitrogens is 2. The smallest absolute Gasteiger partial charge is 0.108 e. The van der Waals surface area contributed by atoms with Crippen LogP contribution in [0, 0.1) is 4.91 Å². The van der Waals surface area contributed by atoms with Crippen molar-refractivity contribution >= 4 is 16.6 Å². The number of fused-ring (bicyclic) bond motifs is 1. The molecule has 0 aliphatic rings. The molecular weight excluding hydrogens is 262 g/mol. The van der Waals surface area contributed by atoms with Crippen molar-refractivity contribution in [1.82, 2.24) is 9.78 Å². The number of ether oxygens (including phenoxy) is 1. The third-order valence-electron chi connectivity index (χ3n) is 3.28. The first kappa shape index (κ1) is 14.6. The molecule has 2 aromatic rings. The summed E-state index contributed by atoms with van der Waals surface area (Å²) in [6, 6.07) is 5.05. The number of hydrogen-bond donors (Lipinski definition) is 2. The third-order valence-corrected chi connectivity index (χ3v) is 3.28. The number of aliphatic hydroxyl groups is 2. The van der Waals surface area contributed by atoms with E-state index >= 15 is 0 Å². The average molecular weight is 279 g/mol. The van der Waals surface area contributed by atoms with E-state index in [0.29, 0.717) is 18.7 Å². The second-order valence-electron chi connectivity index (χ2n) is 4.51. The molecule has 0 saturated heterocycles. The summed E-state index contributed by atoms with van der Waals surface area (Å²) in [6.45, 7) is 0.254. The van der Waals surface area contributed by atoms with Gasteiger partial charge in [0.1, 0.15) is 11.8 Å². The number of methoxy groups -OCH3 is 1. The maximum atomic E-state index is 10.5. The van der Waals surface area contributed by atoms with E-state index in [2.05, 4.69) is 10.3 Å². The highest BCUT2D eigenvalue weighted by atomic mass is 16.5. The molecule has 0 spiro atoms. The van der Waals surface area contributed by atoms with E-state index in [-0.39, 0.29) is 6.61 Å². The summed E-state index contributed by atoms with van der Waals surface area (Å²) in [7, 11) is 1.45. The number of benzene rings is 1. The second-order valence-corrected chi connectivity index (χ2v) is 4.51. The van der Waals surface area contributed by atoms with Crippen LogP contribution in [0.25, 0.3) is 10.9 Å². The van der Waals surface area contributed by atoms with Crippen molar-refractivity contribution in [3.63, 3.8) is 0 Å². The number of aliphatic hydroxyl groups excluding tert-OH is 2. The molecule has 0 bridgehead atoms.